The van der Waals surface area contributed by atoms with E-state index in [0.717, 1.165) is 0 Å². The summed E-state index contributed by atoms with van der Waals surface area (Å²) in [6.07, 6.45) is 1.23. The Bertz CT molecular complexity index is 225. The molecule has 1 aromatic rings. The fourth-order valence-corrected chi connectivity index (χ4v) is 1.21. The SMILES string of the molecule is C.CCC(C)c1cccc(C)c1. The topological polar surface area (TPSA) is 0 Å². The van der Waals surface area contributed by atoms with E-state index in [1.807, 2.05) is 0 Å². The zero-order chi connectivity index (χ0) is 8.27. The third-order valence-electron chi connectivity index (χ3n) is 2.22. The van der Waals surface area contributed by atoms with Gasteiger partial charge in [-0.25, -0.2) is 0 Å². The first-order chi connectivity index (χ1) is 5.24. The highest BCUT2D eigenvalue weighted by Gasteiger charge is 2.00. The highest BCUT2D eigenvalue weighted by atomic mass is 14.1. The Hall–Kier alpha value is -0.780. The lowest BCUT2D eigenvalue weighted by Gasteiger charge is -2.08. The van der Waals surface area contributed by atoms with E-state index in [1.54, 1.807) is 0 Å². The van der Waals surface area contributed by atoms with E-state index in [4.69, 9.17) is 0 Å². The van der Waals surface area contributed by atoms with Gasteiger partial charge in [-0.15, -0.1) is 0 Å². The van der Waals surface area contributed by atoms with Crippen LogP contribution in [0, 0.1) is 6.92 Å². The van der Waals surface area contributed by atoms with Crippen LogP contribution in [0.5, 0.6) is 0 Å². The van der Waals surface area contributed by atoms with Gasteiger partial charge in [0.15, 0.2) is 0 Å². The summed E-state index contributed by atoms with van der Waals surface area (Å²) in [5.74, 6) is 0.704. The van der Waals surface area contributed by atoms with Gasteiger partial charge >= 0.3 is 0 Å². The Morgan fingerprint density at radius 1 is 1.33 bits per heavy atom. The Kier molecular flexibility index (Phi) is 4.65. The van der Waals surface area contributed by atoms with Crippen LogP contribution in [0.15, 0.2) is 24.3 Å². The first kappa shape index (κ1) is 11.2. The second kappa shape index (κ2) is 4.97. The highest BCUT2D eigenvalue weighted by molar-refractivity contribution is 5.24. The lowest BCUT2D eigenvalue weighted by Crippen LogP contribution is -1.90. The average molecular weight is 164 g/mol. The third kappa shape index (κ3) is 2.69. The van der Waals surface area contributed by atoms with Crippen molar-refractivity contribution in [2.45, 2.75) is 40.5 Å². The maximum Gasteiger partial charge on any atom is -0.0193 e. The Morgan fingerprint density at radius 2 is 2.00 bits per heavy atom. The molecule has 12 heavy (non-hydrogen) atoms. The minimum Gasteiger partial charge on any atom is -0.0776 e. The molecule has 0 N–H and O–H groups in total. The minimum atomic E-state index is 0. The van der Waals surface area contributed by atoms with Gasteiger partial charge in [-0.05, 0) is 24.8 Å². The van der Waals surface area contributed by atoms with Crippen LogP contribution in [0.4, 0.5) is 0 Å². The van der Waals surface area contributed by atoms with Gasteiger partial charge < -0.3 is 0 Å². The number of rotatable bonds is 2. The molecule has 0 aliphatic rings. The molecule has 0 aromatic heterocycles. The van der Waals surface area contributed by atoms with E-state index in [9.17, 15) is 0 Å². The number of aryl methyl sites for hydroxylation is 1. The van der Waals surface area contributed by atoms with Gasteiger partial charge in [-0.2, -0.15) is 0 Å². The van der Waals surface area contributed by atoms with Crippen molar-refractivity contribution in [3.63, 3.8) is 0 Å². The molecule has 1 unspecified atom stereocenters. The van der Waals surface area contributed by atoms with Crippen molar-refractivity contribution in [3.05, 3.63) is 35.4 Å². The van der Waals surface area contributed by atoms with E-state index >= 15 is 0 Å². The molecule has 0 aliphatic carbocycles. The molecule has 0 heteroatoms. The van der Waals surface area contributed by atoms with Crippen molar-refractivity contribution in [1.29, 1.82) is 0 Å². The molecule has 0 amide bonds. The van der Waals surface area contributed by atoms with Crippen LogP contribution >= 0.6 is 0 Å². The molecule has 0 nitrogen and oxygen atoms in total. The maximum atomic E-state index is 2.27. The van der Waals surface area contributed by atoms with Crippen LogP contribution in [0.3, 0.4) is 0 Å². The van der Waals surface area contributed by atoms with Crippen molar-refractivity contribution in [2.24, 2.45) is 0 Å². The molecule has 1 rings (SSSR count). The summed E-state index contributed by atoms with van der Waals surface area (Å²) in [5.41, 5.74) is 2.83. The van der Waals surface area contributed by atoms with Crippen molar-refractivity contribution in [3.8, 4) is 0 Å². The van der Waals surface area contributed by atoms with Gasteiger partial charge in [0, 0.05) is 0 Å². The van der Waals surface area contributed by atoms with Crippen LogP contribution in [0.25, 0.3) is 0 Å². The van der Waals surface area contributed by atoms with Crippen LogP contribution in [0.2, 0.25) is 0 Å². The molecule has 0 saturated carbocycles. The van der Waals surface area contributed by atoms with Gasteiger partial charge in [-0.1, -0.05) is 51.1 Å². The van der Waals surface area contributed by atoms with Gasteiger partial charge in [0.1, 0.15) is 0 Å². The quantitative estimate of drug-likeness (QED) is 0.616. The zero-order valence-electron chi connectivity index (χ0n) is 7.59. The minimum absolute atomic E-state index is 0. The lowest BCUT2D eigenvalue weighted by atomic mass is 9.97. The van der Waals surface area contributed by atoms with Crippen molar-refractivity contribution in [2.75, 3.05) is 0 Å². The molecule has 0 heterocycles. The number of benzene rings is 1. The highest BCUT2D eigenvalue weighted by Crippen LogP contribution is 2.18. The van der Waals surface area contributed by atoms with Crippen LogP contribution in [0.1, 0.15) is 44.7 Å². The van der Waals surface area contributed by atoms with Gasteiger partial charge in [0.2, 0.25) is 0 Å². The number of hydrogen-bond donors (Lipinski definition) is 0. The molecule has 0 fully saturated rings. The summed E-state index contributed by atoms with van der Waals surface area (Å²) < 4.78 is 0. The van der Waals surface area contributed by atoms with Gasteiger partial charge in [0.25, 0.3) is 0 Å². The lowest BCUT2D eigenvalue weighted by molar-refractivity contribution is 0.733. The standard InChI is InChI=1S/C11H16.CH4/c1-4-10(3)11-7-5-6-9(2)8-11;/h5-8,10H,4H2,1-3H3;1H4. The van der Waals surface area contributed by atoms with Crippen LogP contribution in [-0.4, -0.2) is 0 Å². The van der Waals surface area contributed by atoms with Crippen molar-refractivity contribution < 1.29 is 0 Å². The molecule has 0 aliphatic heterocycles. The van der Waals surface area contributed by atoms with E-state index < -0.39 is 0 Å². The van der Waals surface area contributed by atoms with E-state index in [0.29, 0.717) is 5.92 Å². The fraction of sp³-hybridized carbons (Fsp3) is 0.500. The summed E-state index contributed by atoms with van der Waals surface area (Å²) in [5, 5.41) is 0. The molecule has 68 valence electrons. The van der Waals surface area contributed by atoms with E-state index in [2.05, 4.69) is 45.0 Å². The summed E-state index contributed by atoms with van der Waals surface area (Å²) in [4.78, 5) is 0. The predicted octanol–water partition coefficient (Wildman–Crippen LogP) is 4.14. The van der Waals surface area contributed by atoms with Crippen molar-refractivity contribution >= 4 is 0 Å². The fourth-order valence-electron chi connectivity index (χ4n) is 1.21. The molecule has 1 atom stereocenters. The molecule has 0 bridgehead atoms. The molecule has 1 aromatic carbocycles. The van der Waals surface area contributed by atoms with E-state index in [1.165, 1.54) is 17.5 Å². The average Bonchev–Trinajstić information content (AvgIpc) is 2.03. The Balaban J connectivity index is 0.00000121. The molecular formula is C12H20. The maximum absolute atomic E-state index is 2.27. The molecule has 0 saturated heterocycles. The predicted molar refractivity (Wildman–Crippen MR) is 56.6 cm³/mol. The third-order valence-corrected chi connectivity index (χ3v) is 2.22. The molecule has 0 radical (unpaired) electrons. The van der Waals surface area contributed by atoms with Gasteiger partial charge in [-0.3, -0.25) is 0 Å². The summed E-state index contributed by atoms with van der Waals surface area (Å²) in [6.45, 7) is 6.65. The second-order valence-corrected chi connectivity index (χ2v) is 3.22. The Morgan fingerprint density at radius 3 is 2.50 bits per heavy atom. The van der Waals surface area contributed by atoms with E-state index in [-0.39, 0.29) is 7.43 Å². The smallest absolute Gasteiger partial charge is 0.0193 e. The van der Waals surface area contributed by atoms with Crippen LogP contribution in [-0.2, 0) is 0 Å². The summed E-state index contributed by atoms with van der Waals surface area (Å²) >= 11 is 0. The summed E-state index contributed by atoms with van der Waals surface area (Å²) in [7, 11) is 0. The summed E-state index contributed by atoms with van der Waals surface area (Å²) in [6, 6.07) is 8.76. The number of hydrogen-bond acceptors (Lipinski definition) is 0. The normalized spacial score (nSPS) is 11.9. The van der Waals surface area contributed by atoms with Crippen molar-refractivity contribution in [1.82, 2.24) is 0 Å². The molecule has 0 spiro atoms. The largest absolute Gasteiger partial charge is 0.0776 e. The Labute approximate surface area is 76.6 Å². The first-order valence-corrected chi connectivity index (χ1v) is 4.30. The second-order valence-electron chi connectivity index (χ2n) is 3.22. The molecular weight excluding hydrogens is 144 g/mol. The van der Waals surface area contributed by atoms with Gasteiger partial charge in [0.05, 0.1) is 0 Å². The monoisotopic (exact) mass is 164 g/mol. The zero-order valence-corrected chi connectivity index (χ0v) is 7.59. The first-order valence-electron chi connectivity index (χ1n) is 4.30. The van der Waals surface area contributed by atoms with Crippen LogP contribution < -0.4 is 0 Å².